The van der Waals surface area contributed by atoms with Gasteiger partial charge in [0.1, 0.15) is 5.75 Å². The Bertz CT molecular complexity index is 712. The zero-order valence-corrected chi connectivity index (χ0v) is 15.8. The number of carbonyl (C=O) groups is 1. The molecule has 0 aliphatic rings. The van der Waals surface area contributed by atoms with Crippen LogP contribution in [0.1, 0.15) is 47.8 Å². The molecule has 0 radical (unpaired) electrons. The van der Waals surface area contributed by atoms with Crippen LogP contribution in [0.4, 0.5) is 0 Å². The average Bonchev–Trinajstić information content (AvgIpc) is 2.42. The number of hydrogen-bond acceptors (Lipinski definition) is 2. The summed E-state index contributed by atoms with van der Waals surface area (Å²) in [5.74, 6) is 0.304. The maximum atomic E-state index is 12.3. The van der Waals surface area contributed by atoms with Crippen LogP contribution in [0.3, 0.4) is 0 Å². The summed E-state index contributed by atoms with van der Waals surface area (Å²) >= 11 is 2.23. The predicted octanol–water partition coefficient (Wildman–Crippen LogP) is 5.42. The van der Waals surface area contributed by atoms with Crippen LogP contribution in [0.2, 0.25) is 0 Å². The van der Waals surface area contributed by atoms with Gasteiger partial charge in [-0.3, -0.25) is 0 Å². The van der Waals surface area contributed by atoms with Crippen LogP contribution in [-0.2, 0) is 5.41 Å². The van der Waals surface area contributed by atoms with E-state index in [2.05, 4.69) is 49.4 Å². The number of aryl methyl sites for hydroxylation is 2. The number of hydrogen-bond donors (Lipinski definition) is 0. The first kappa shape index (κ1) is 17.0. The van der Waals surface area contributed by atoms with Crippen LogP contribution in [-0.4, -0.2) is 5.97 Å². The topological polar surface area (TPSA) is 26.3 Å². The Labute approximate surface area is 146 Å². The van der Waals surface area contributed by atoms with Gasteiger partial charge in [0.2, 0.25) is 0 Å². The molecule has 0 amide bonds. The van der Waals surface area contributed by atoms with Gasteiger partial charge < -0.3 is 4.74 Å². The number of carbonyl (C=O) groups excluding carboxylic acids is 1. The molecule has 0 aliphatic carbocycles. The molecule has 116 valence electrons. The van der Waals surface area contributed by atoms with Crippen molar-refractivity contribution >= 4 is 28.6 Å². The summed E-state index contributed by atoms with van der Waals surface area (Å²) in [5.41, 5.74) is 4.02. The molecule has 0 N–H and O–H groups in total. The van der Waals surface area contributed by atoms with Gasteiger partial charge >= 0.3 is 5.97 Å². The SMILES string of the molecule is Cc1ccc(C(=O)Oc2ccc(C(C)(C)C)cc2C)cc1I. The Morgan fingerprint density at radius 1 is 1.00 bits per heavy atom. The molecule has 0 saturated carbocycles. The van der Waals surface area contributed by atoms with E-state index in [9.17, 15) is 4.79 Å². The summed E-state index contributed by atoms with van der Waals surface area (Å²) in [6, 6.07) is 11.6. The molecule has 0 spiro atoms. The van der Waals surface area contributed by atoms with E-state index in [1.54, 1.807) is 6.07 Å². The highest BCUT2D eigenvalue weighted by Gasteiger charge is 2.16. The minimum absolute atomic E-state index is 0.0837. The van der Waals surface area contributed by atoms with Crippen molar-refractivity contribution in [1.82, 2.24) is 0 Å². The van der Waals surface area contributed by atoms with Crippen molar-refractivity contribution in [2.24, 2.45) is 0 Å². The van der Waals surface area contributed by atoms with E-state index in [-0.39, 0.29) is 11.4 Å². The van der Waals surface area contributed by atoms with E-state index in [4.69, 9.17) is 4.74 Å². The zero-order valence-electron chi connectivity index (χ0n) is 13.7. The van der Waals surface area contributed by atoms with Gasteiger partial charge in [-0.25, -0.2) is 4.79 Å². The number of esters is 1. The lowest BCUT2D eigenvalue weighted by Gasteiger charge is -2.20. The lowest BCUT2D eigenvalue weighted by molar-refractivity contribution is 0.0733. The summed E-state index contributed by atoms with van der Waals surface area (Å²) in [6.45, 7) is 10.5. The van der Waals surface area contributed by atoms with Crippen LogP contribution in [0.15, 0.2) is 36.4 Å². The Kier molecular flexibility index (Phi) is 4.95. The largest absolute Gasteiger partial charge is 0.423 e. The molecule has 22 heavy (non-hydrogen) atoms. The summed E-state index contributed by atoms with van der Waals surface area (Å²) in [6.07, 6.45) is 0. The third kappa shape index (κ3) is 3.88. The van der Waals surface area contributed by atoms with Crippen LogP contribution in [0.25, 0.3) is 0 Å². The summed E-state index contributed by atoms with van der Waals surface area (Å²) in [4.78, 5) is 12.3. The quantitative estimate of drug-likeness (QED) is 0.377. The second kappa shape index (κ2) is 6.41. The van der Waals surface area contributed by atoms with Gasteiger partial charge in [0, 0.05) is 3.57 Å². The fourth-order valence-electron chi connectivity index (χ4n) is 2.11. The first-order valence-electron chi connectivity index (χ1n) is 7.28. The number of rotatable bonds is 2. The van der Waals surface area contributed by atoms with Crippen LogP contribution < -0.4 is 4.74 Å². The second-order valence-corrected chi connectivity index (χ2v) is 7.75. The molecule has 0 aromatic heterocycles. The van der Waals surface area contributed by atoms with E-state index < -0.39 is 0 Å². The van der Waals surface area contributed by atoms with Gasteiger partial charge in [-0.05, 0) is 76.7 Å². The van der Waals surface area contributed by atoms with Crippen molar-refractivity contribution in [2.45, 2.75) is 40.0 Å². The van der Waals surface area contributed by atoms with E-state index in [1.807, 2.05) is 38.1 Å². The molecule has 0 atom stereocenters. The van der Waals surface area contributed by atoms with Crippen molar-refractivity contribution in [2.75, 3.05) is 0 Å². The smallest absolute Gasteiger partial charge is 0.343 e. The third-order valence-electron chi connectivity index (χ3n) is 3.65. The molecule has 2 nitrogen and oxygen atoms in total. The number of ether oxygens (including phenoxy) is 1. The highest BCUT2D eigenvalue weighted by molar-refractivity contribution is 14.1. The first-order valence-corrected chi connectivity index (χ1v) is 8.36. The molecule has 2 aromatic carbocycles. The fraction of sp³-hybridized carbons (Fsp3) is 0.316. The van der Waals surface area contributed by atoms with E-state index in [1.165, 1.54) is 5.56 Å². The maximum Gasteiger partial charge on any atom is 0.343 e. The van der Waals surface area contributed by atoms with Crippen LogP contribution in [0.5, 0.6) is 5.75 Å². The number of benzene rings is 2. The third-order valence-corrected chi connectivity index (χ3v) is 4.81. The predicted molar refractivity (Wildman–Crippen MR) is 98.7 cm³/mol. The molecule has 3 heteroatoms. The Morgan fingerprint density at radius 3 is 2.23 bits per heavy atom. The molecular formula is C19H21IO2. The minimum atomic E-state index is -0.315. The van der Waals surface area contributed by atoms with Gasteiger partial charge in [0.15, 0.2) is 0 Å². The van der Waals surface area contributed by atoms with E-state index in [0.717, 1.165) is 14.7 Å². The highest BCUT2D eigenvalue weighted by atomic mass is 127. The van der Waals surface area contributed by atoms with Crippen molar-refractivity contribution in [3.8, 4) is 5.75 Å². The van der Waals surface area contributed by atoms with Gasteiger partial charge in [0.05, 0.1) is 5.56 Å². The average molecular weight is 408 g/mol. The fourth-order valence-corrected chi connectivity index (χ4v) is 2.62. The zero-order chi connectivity index (χ0) is 16.5. The standard InChI is InChI=1S/C19H21IO2/c1-12-6-7-14(11-16(12)20)18(21)22-17-9-8-15(10-13(17)2)19(3,4)5/h6-11H,1-5H3. The summed E-state index contributed by atoms with van der Waals surface area (Å²) < 4.78 is 6.61. The summed E-state index contributed by atoms with van der Waals surface area (Å²) in [5, 5.41) is 0. The highest BCUT2D eigenvalue weighted by Crippen LogP contribution is 2.28. The second-order valence-electron chi connectivity index (χ2n) is 6.58. The van der Waals surface area contributed by atoms with Gasteiger partial charge in [-0.15, -0.1) is 0 Å². The Hall–Kier alpha value is -1.36. The minimum Gasteiger partial charge on any atom is -0.423 e. The monoisotopic (exact) mass is 408 g/mol. The van der Waals surface area contributed by atoms with Crippen molar-refractivity contribution in [3.63, 3.8) is 0 Å². The van der Waals surface area contributed by atoms with Crippen molar-refractivity contribution < 1.29 is 9.53 Å². The molecule has 2 rings (SSSR count). The van der Waals surface area contributed by atoms with Crippen molar-refractivity contribution in [1.29, 1.82) is 0 Å². The van der Waals surface area contributed by atoms with Gasteiger partial charge in [-0.2, -0.15) is 0 Å². The molecule has 2 aromatic rings. The lowest BCUT2D eigenvalue weighted by Crippen LogP contribution is -2.13. The van der Waals surface area contributed by atoms with Gasteiger partial charge in [0.25, 0.3) is 0 Å². The molecular weight excluding hydrogens is 387 g/mol. The Balaban J connectivity index is 2.23. The molecule has 0 unspecified atom stereocenters. The molecule has 0 heterocycles. The lowest BCUT2D eigenvalue weighted by atomic mass is 9.86. The van der Waals surface area contributed by atoms with E-state index in [0.29, 0.717) is 11.3 Å². The van der Waals surface area contributed by atoms with Crippen LogP contribution >= 0.6 is 22.6 Å². The molecule has 0 bridgehead atoms. The van der Waals surface area contributed by atoms with E-state index >= 15 is 0 Å². The number of halogens is 1. The van der Waals surface area contributed by atoms with Gasteiger partial charge in [-0.1, -0.05) is 39.0 Å². The van der Waals surface area contributed by atoms with Crippen molar-refractivity contribution in [3.05, 3.63) is 62.2 Å². The first-order chi connectivity index (χ1) is 10.2. The summed E-state index contributed by atoms with van der Waals surface area (Å²) in [7, 11) is 0. The van der Waals surface area contributed by atoms with Crippen LogP contribution in [0, 0.1) is 17.4 Å². The normalized spacial score (nSPS) is 11.4. The maximum absolute atomic E-state index is 12.3. The molecule has 0 aliphatic heterocycles. The molecule has 0 fully saturated rings. The Morgan fingerprint density at radius 2 is 1.68 bits per heavy atom. The molecule has 0 saturated heterocycles.